The van der Waals surface area contributed by atoms with Gasteiger partial charge in [-0.15, -0.1) is 0 Å². The van der Waals surface area contributed by atoms with Gasteiger partial charge in [0.2, 0.25) is 11.2 Å². The maximum atomic E-state index is 12.6. The highest BCUT2D eigenvalue weighted by molar-refractivity contribution is 6.28. The maximum absolute atomic E-state index is 12.6. The lowest BCUT2D eigenvalue weighted by molar-refractivity contribution is -0.0591. The Hall–Kier alpha value is -2.81. The zero-order valence-corrected chi connectivity index (χ0v) is 13.5. The first-order chi connectivity index (χ1) is 11.8. The van der Waals surface area contributed by atoms with Gasteiger partial charge in [-0.05, 0) is 36.7 Å². The van der Waals surface area contributed by atoms with E-state index in [0.717, 1.165) is 17.8 Å². The number of anilines is 2. The molecule has 0 aliphatic carbocycles. The topological polar surface area (TPSA) is 76.0 Å². The van der Waals surface area contributed by atoms with Crippen molar-refractivity contribution in [2.45, 2.75) is 13.1 Å². The van der Waals surface area contributed by atoms with Crippen molar-refractivity contribution < 1.29 is 13.2 Å². The molecule has 0 spiro atoms. The second kappa shape index (κ2) is 6.60. The number of nitrogens with zero attached hydrogens (tertiary/aromatic N) is 5. The Morgan fingerprint density at radius 2 is 1.96 bits per heavy atom. The summed E-state index contributed by atoms with van der Waals surface area (Å²) in [6, 6.07) is 9.05. The smallest absolute Gasteiger partial charge is 0.324 e. The quantitative estimate of drug-likeness (QED) is 0.692. The third-order valence-corrected chi connectivity index (χ3v) is 3.31. The molecule has 0 radical (unpaired) electrons. The number of fused-ring (bicyclic) bond motifs is 1. The number of pyridine rings is 1. The van der Waals surface area contributed by atoms with Crippen molar-refractivity contribution in [3.8, 4) is 0 Å². The highest BCUT2D eigenvalue weighted by Gasteiger charge is 2.32. The zero-order chi connectivity index (χ0) is 18.0. The second-order valence-corrected chi connectivity index (χ2v) is 5.30. The van der Waals surface area contributed by atoms with Crippen LogP contribution in [-0.4, -0.2) is 31.8 Å². The van der Waals surface area contributed by atoms with E-state index in [1.807, 2.05) is 18.2 Å². The van der Waals surface area contributed by atoms with Gasteiger partial charge in [0.25, 0.3) is 5.95 Å². The van der Waals surface area contributed by atoms with Gasteiger partial charge < -0.3 is 5.32 Å². The van der Waals surface area contributed by atoms with Gasteiger partial charge in [-0.2, -0.15) is 28.1 Å². The summed E-state index contributed by atoms with van der Waals surface area (Å²) in [6.07, 6.45) is -2.92. The Bertz CT molecular complexity index is 957. The van der Waals surface area contributed by atoms with E-state index in [-0.39, 0.29) is 11.2 Å². The molecular formula is C15H10ClF3N6. The molecule has 0 bridgehead atoms. The van der Waals surface area contributed by atoms with E-state index >= 15 is 0 Å². The normalized spacial score (nSPS) is 12.4. The first kappa shape index (κ1) is 17.0. The number of nitrogens with one attached hydrogen (secondary N) is 1. The van der Waals surface area contributed by atoms with Gasteiger partial charge in [-0.1, -0.05) is 12.1 Å². The fourth-order valence-corrected chi connectivity index (χ4v) is 2.09. The van der Waals surface area contributed by atoms with Crippen LogP contribution in [-0.2, 0) is 0 Å². The molecule has 0 aliphatic heterocycles. The van der Waals surface area contributed by atoms with E-state index in [4.69, 9.17) is 11.6 Å². The minimum absolute atomic E-state index is 0.0241. The minimum atomic E-state index is -4.57. The molecule has 0 aliphatic rings. The molecule has 1 N–H and O–H groups in total. The summed E-state index contributed by atoms with van der Waals surface area (Å²) in [6.45, 7) is 0.819. The summed E-state index contributed by atoms with van der Waals surface area (Å²) < 4.78 is 37.7. The fourth-order valence-electron chi connectivity index (χ4n) is 1.93. The SMILES string of the molecule is C/C(=N/c1nc(Cl)nc(Nc2ccc3cccnc3c2)n1)C(F)(F)F. The lowest BCUT2D eigenvalue weighted by atomic mass is 10.2. The highest BCUT2D eigenvalue weighted by Crippen LogP contribution is 2.23. The van der Waals surface area contributed by atoms with Gasteiger partial charge in [0.15, 0.2) is 0 Å². The van der Waals surface area contributed by atoms with Crippen molar-refractivity contribution in [3.63, 3.8) is 0 Å². The van der Waals surface area contributed by atoms with Crippen LogP contribution in [0.4, 0.5) is 30.8 Å². The van der Waals surface area contributed by atoms with Crippen LogP contribution in [0.2, 0.25) is 5.28 Å². The van der Waals surface area contributed by atoms with Crippen molar-refractivity contribution in [1.82, 2.24) is 19.9 Å². The highest BCUT2D eigenvalue weighted by atomic mass is 35.5. The number of alkyl halides is 3. The predicted molar refractivity (Wildman–Crippen MR) is 88.7 cm³/mol. The third-order valence-electron chi connectivity index (χ3n) is 3.14. The second-order valence-electron chi connectivity index (χ2n) is 4.96. The van der Waals surface area contributed by atoms with E-state index in [2.05, 4.69) is 30.2 Å². The molecule has 128 valence electrons. The Kier molecular flexibility index (Phi) is 4.49. The predicted octanol–water partition coefficient (Wildman–Crippen LogP) is 4.47. The first-order valence-corrected chi connectivity index (χ1v) is 7.35. The van der Waals surface area contributed by atoms with Crippen LogP contribution < -0.4 is 5.32 Å². The zero-order valence-electron chi connectivity index (χ0n) is 12.7. The van der Waals surface area contributed by atoms with E-state index in [1.165, 1.54) is 0 Å². The number of hydrogen-bond donors (Lipinski definition) is 1. The van der Waals surface area contributed by atoms with Crippen LogP contribution in [0.5, 0.6) is 0 Å². The molecule has 6 nitrogen and oxygen atoms in total. The van der Waals surface area contributed by atoms with E-state index in [0.29, 0.717) is 5.69 Å². The van der Waals surface area contributed by atoms with Gasteiger partial charge in [0.1, 0.15) is 5.71 Å². The number of rotatable bonds is 3. The van der Waals surface area contributed by atoms with Crippen molar-refractivity contribution in [2.24, 2.45) is 4.99 Å². The summed E-state index contributed by atoms with van der Waals surface area (Å²) in [5.74, 6) is -0.458. The molecule has 3 rings (SSSR count). The molecule has 3 aromatic rings. The van der Waals surface area contributed by atoms with Gasteiger partial charge in [0, 0.05) is 17.3 Å². The van der Waals surface area contributed by atoms with Crippen LogP contribution in [0.1, 0.15) is 6.92 Å². The lowest BCUT2D eigenvalue weighted by Gasteiger charge is -2.07. The molecule has 0 atom stereocenters. The van der Waals surface area contributed by atoms with Crippen molar-refractivity contribution in [1.29, 1.82) is 0 Å². The molecule has 0 saturated carbocycles. The maximum Gasteiger partial charge on any atom is 0.429 e. The molecular weight excluding hydrogens is 357 g/mol. The summed E-state index contributed by atoms with van der Waals surface area (Å²) in [5, 5.41) is 3.52. The average Bonchev–Trinajstić information content (AvgIpc) is 2.53. The monoisotopic (exact) mass is 366 g/mol. The van der Waals surface area contributed by atoms with Crippen LogP contribution in [0.3, 0.4) is 0 Å². The standard InChI is InChI=1S/C15H10ClF3N6/c1-8(15(17,18)19)21-13-23-12(16)24-14(25-13)22-10-5-4-9-3-2-6-20-11(9)7-10/h2-7H,1H3,(H,22,23,24,25)/b21-8-. The van der Waals surface area contributed by atoms with Crippen LogP contribution in [0.15, 0.2) is 41.5 Å². The van der Waals surface area contributed by atoms with Gasteiger partial charge in [-0.25, -0.2) is 4.99 Å². The Morgan fingerprint density at radius 3 is 2.72 bits per heavy atom. The summed E-state index contributed by atoms with van der Waals surface area (Å²) >= 11 is 5.74. The molecule has 0 fully saturated rings. The largest absolute Gasteiger partial charge is 0.429 e. The molecule has 0 unspecified atom stereocenters. The number of halogens is 4. The van der Waals surface area contributed by atoms with Crippen molar-refractivity contribution in [2.75, 3.05) is 5.32 Å². The summed E-state index contributed by atoms with van der Waals surface area (Å²) in [7, 11) is 0. The third kappa shape index (κ3) is 4.18. The molecule has 2 aromatic heterocycles. The van der Waals surface area contributed by atoms with Gasteiger partial charge in [0.05, 0.1) is 5.52 Å². The molecule has 2 heterocycles. The minimum Gasteiger partial charge on any atom is -0.324 e. The number of aliphatic imine (C=N–C) groups is 1. The van der Waals surface area contributed by atoms with Crippen LogP contribution in [0.25, 0.3) is 10.9 Å². The van der Waals surface area contributed by atoms with Gasteiger partial charge in [-0.3, -0.25) is 4.98 Å². The summed E-state index contributed by atoms with van der Waals surface area (Å²) in [4.78, 5) is 18.8. The van der Waals surface area contributed by atoms with Crippen molar-refractivity contribution >= 4 is 45.8 Å². The van der Waals surface area contributed by atoms with Gasteiger partial charge >= 0.3 is 6.18 Å². The first-order valence-electron chi connectivity index (χ1n) is 6.97. The van der Waals surface area contributed by atoms with E-state index in [1.54, 1.807) is 18.3 Å². The molecule has 1 aromatic carbocycles. The van der Waals surface area contributed by atoms with E-state index < -0.39 is 17.8 Å². The fraction of sp³-hybridized carbons (Fsp3) is 0.133. The van der Waals surface area contributed by atoms with E-state index in [9.17, 15) is 13.2 Å². The Morgan fingerprint density at radius 1 is 1.16 bits per heavy atom. The lowest BCUT2D eigenvalue weighted by Crippen LogP contribution is -2.19. The summed E-state index contributed by atoms with van der Waals surface area (Å²) in [5.41, 5.74) is 0.241. The molecule has 10 heteroatoms. The average molecular weight is 367 g/mol. The molecule has 0 amide bonds. The molecule has 0 saturated heterocycles. The number of benzene rings is 1. The Labute approximate surface area is 144 Å². The van der Waals surface area contributed by atoms with Crippen LogP contribution in [0, 0.1) is 0 Å². The number of aromatic nitrogens is 4. The molecule has 25 heavy (non-hydrogen) atoms. The number of hydrogen-bond acceptors (Lipinski definition) is 6. The Balaban J connectivity index is 1.91. The van der Waals surface area contributed by atoms with Crippen LogP contribution >= 0.6 is 11.6 Å². The van der Waals surface area contributed by atoms with Crippen molar-refractivity contribution in [3.05, 3.63) is 41.8 Å².